The summed E-state index contributed by atoms with van der Waals surface area (Å²) in [4.78, 5) is 0. The van der Waals surface area contributed by atoms with Gasteiger partial charge >= 0.3 is 0 Å². The van der Waals surface area contributed by atoms with E-state index in [9.17, 15) is 0 Å². The first kappa shape index (κ1) is 9.88. The number of ether oxygens (including phenoxy) is 1. The molecule has 0 aliphatic carbocycles. The van der Waals surface area contributed by atoms with Crippen LogP contribution in [0.15, 0.2) is 12.7 Å². The first-order valence-electron chi connectivity index (χ1n) is 3.45. The minimum Gasteiger partial charge on any atom is -0.415 e. The summed E-state index contributed by atoms with van der Waals surface area (Å²) in [6.07, 6.45) is 1.86. The Labute approximate surface area is 65.2 Å². The topological polar surface area (TPSA) is 18.5 Å². The molecule has 2 radical (unpaired) electrons. The Hall–Kier alpha value is -0.123. The van der Waals surface area contributed by atoms with Crippen molar-refractivity contribution in [2.24, 2.45) is 0 Å². The third kappa shape index (κ3) is 7.88. The molecule has 0 atom stereocenters. The fourth-order valence-electron chi connectivity index (χ4n) is 0.435. The zero-order valence-corrected chi connectivity index (χ0v) is 7.43. The van der Waals surface area contributed by atoms with E-state index in [2.05, 4.69) is 6.58 Å². The first-order valence-corrected chi connectivity index (χ1v) is 4.56. The summed E-state index contributed by atoms with van der Waals surface area (Å²) >= 11 is 0. The maximum absolute atomic E-state index is 5.21. The zero-order chi connectivity index (χ0) is 7.66. The first-order chi connectivity index (χ1) is 4.91. The van der Waals surface area contributed by atoms with Crippen LogP contribution in [0.3, 0.4) is 0 Å². The molecular weight excluding hydrogens is 144 g/mol. The Morgan fingerprint density at radius 2 is 2.30 bits per heavy atom. The fraction of sp³-hybridized carbons (Fsp3) is 0.714. The molecule has 0 spiro atoms. The van der Waals surface area contributed by atoms with Gasteiger partial charge in [-0.15, -0.1) is 6.58 Å². The Kier molecular flexibility index (Phi) is 8.77. The molecule has 0 heterocycles. The Morgan fingerprint density at radius 1 is 1.50 bits per heavy atom. The molecule has 0 unspecified atom stereocenters. The summed E-state index contributed by atoms with van der Waals surface area (Å²) in [6.45, 7) is 7.76. The van der Waals surface area contributed by atoms with E-state index in [1.807, 2.05) is 13.0 Å². The van der Waals surface area contributed by atoms with Gasteiger partial charge in [-0.3, -0.25) is 0 Å². The van der Waals surface area contributed by atoms with E-state index in [4.69, 9.17) is 9.16 Å². The lowest BCUT2D eigenvalue weighted by molar-refractivity contribution is 0.112. The van der Waals surface area contributed by atoms with Gasteiger partial charge in [0.25, 0.3) is 0 Å². The van der Waals surface area contributed by atoms with Gasteiger partial charge in [0.15, 0.2) is 0 Å². The van der Waals surface area contributed by atoms with Crippen molar-refractivity contribution in [1.82, 2.24) is 0 Å². The highest BCUT2D eigenvalue weighted by atomic mass is 28.2. The predicted octanol–water partition coefficient (Wildman–Crippen LogP) is 1.26. The van der Waals surface area contributed by atoms with E-state index in [1.54, 1.807) is 0 Å². The lowest BCUT2D eigenvalue weighted by Crippen LogP contribution is -2.06. The van der Waals surface area contributed by atoms with E-state index in [1.165, 1.54) is 0 Å². The molecule has 0 aromatic rings. The number of rotatable bonds is 7. The average molecular weight is 158 g/mol. The monoisotopic (exact) mass is 158 g/mol. The van der Waals surface area contributed by atoms with Gasteiger partial charge in [-0.05, 0) is 13.0 Å². The molecule has 0 saturated carbocycles. The summed E-state index contributed by atoms with van der Waals surface area (Å²) in [7, 11) is 0.545. The molecule has 0 saturated heterocycles. The molecule has 10 heavy (non-hydrogen) atoms. The zero-order valence-electron chi connectivity index (χ0n) is 6.43. The van der Waals surface area contributed by atoms with E-state index in [-0.39, 0.29) is 0 Å². The van der Waals surface area contributed by atoms with Crippen molar-refractivity contribution >= 4 is 9.76 Å². The lowest BCUT2D eigenvalue weighted by Gasteiger charge is -2.00. The van der Waals surface area contributed by atoms with Gasteiger partial charge in [-0.2, -0.15) is 0 Å². The van der Waals surface area contributed by atoms with Crippen molar-refractivity contribution in [2.75, 3.05) is 19.8 Å². The molecule has 0 N–H and O–H groups in total. The third-order valence-electron chi connectivity index (χ3n) is 0.864. The molecule has 2 nitrogen and oxygen atoms in total. The van der Waals surface area contributed by atoms with E-state index >= 15 is 0 Å². The largest absolute Gasteiger partial charge is 0.415 e. The normalized spacial score (nSPS) is 9.70. The molecule has 0 aliphatic rings. The van der Waals surface area contributed by atoms with Gasteiger partial charge in [0.2, 0.25) is 9.76 Å². The highest BCUT2D eigenvalue weighted by Crippen LogP contribution is 1.81. The molecule has 0 aromatic heterocycles. The summed E-state index contributed by atoms with van der Waals surface area (Å²) < 4.78 is 10.3. The van der Waals surface area contributed by atoms with Crippen LogP contribution in [0.25, 0.3) is 0 Å². The summed E-state index contributed by atoms with van der Waals surface area (Å²) in [5, 5.41) is 0. The minimum absolute atomic E-state index is 0.545. The average Bonchev–Trinajstić information content (AvgIpc) is 1.97. The van der Waals surface area contributed by atoms with Crippen LogP contribution in [-0.2, 0) is 9.16 Å². The van der Waals surface area contributed by atoms with Crippen molar-refractivity contribution in [2.45, 2.75) is 13.0 Å². The van der Waals surface area contributed by atoms with Crippen molar-refractivity contribution in [3.8, 4) is 0 Å². The Morgan fingerprint density at radius 3 is 2.90 bits per heavy atom. The maximum atomic E-state index is 5.21. The van der Waals surface area contributed by atoms with Crippen LogP contribution in [-0.4, -0.2) is 29.6 Å². The van der Waals surface area contributed by atoms with Gasteiger partial charge in [-0.25, -0.2) is 0 Å². The predicted molar refractivity (Wildman–Crippen MR) is 43.2 cm³/mol. The van der Waals surface area contributed by atoms with Crippen LogP contribution in [0.2, 0.25) is 6.04 Å². The van der Waals surface area contributed by atoms with E-state index in [0.717, 1.165) is 12.7 Å². The smallest absolute Gasteiger partial charge is 0.233 e. The molecule has 0 amide bonds. The SMILES string of the molecule is C=CC[Si]OCCOCC. The molecule has 3 heteroatoms. The Bertz CT molecular complexity index is 76.0. The van der Waals surface area contributed by atoms with Gasteiger partial charge in [0, 0.05) is 6.61 Å². The fourth-order valence-corrected chi connectivity index (χ4v) is 0.898. The summed E-state index contributed by atoms with van der Waals surface area (Å²) in [6, 6.07) is 0.951. The number of hydrogen-bond acceptors (Lipinski definition) is 2. The molecule has 0 aromatic carbocycles. The van der Waals surface area contributed by atoms with Gasteiger partial charge < -0.3 is 9.16 Å². The van der Waals surface area contributed by atoms with Crippen molar-refractivity contribution < 1.29 is 9.16 Å². The molecule has 0 bridgehead atoms. The molecule has 0 aliphatic heterocycles. The van der Waals surface area contributed by atoms with Gasteiger partial charge in [0.1, 0.15) is 0 Å². The molecular formula is C7H14O2Si. The number of allylic oxidation sites excluding steroid dienone is 1. The van der Waals surface area contributed by atoms with Crippen LogP contribution in [0.1, 0.15) is 6.92 Å². The second kappa shape index (κ2) is 8.88. The van der Waals surface area contributed by atoms with Crippen molar-refractivity contribution in [1.29, 1.82) is 0 Å². The molecule has 0 rings (SSSR count). The van der Waals surface area contributed by atoms with Crippen molar-refractivity contribution in [3.05, 3.63) is 12.7 Å². The van der Waals surface area contributed by atoms with Gasteiger partial charge in [-0.1, -0.05) is 6.08 Å². The Balaban J connectivity index is 2.70. The van der Waals surface area contributed by atoms with Crippen LogP contribution in [0.4, 0.5) is 0 Å². The highest BCUT2D eigenvalue weighted by molar-refractivity contribution is 6.27. The second-order valence-corrected chi connectivity index (χ2v) is 2.67. The third-order valence-corrected chi connectivity index (χ3v) is 1.73. The van der Waals surface area contributed by atoms with E-state index < -0.39 is 0 Å². The van der Waals surface area contributed by atoms with Crippen LogP contribution >= 0.6 is 0 Å². The quantitative estimate of drug-likeness (QED) is 0.315. The standard InChI is InChI=1S/C7H14O2Si/c1-3-7-10-9-6-5-8-4-2/h3H,1,4-7H2,2H3. The van der Waals surface area contributed by atoms with E-state index in [0.29, 0.717) is 23.0 Å². The lowest BCUT2D eigenvalue weighted by atomic mass is 10.8. The maximum Gasteiger partial charge on any atom is 0.233 e. The van der Waals surface area contributed by atoms with Crippen LogP contribution in [0.5, 0.6) is 0 Å². The van der Waals surface area contributed by atoms with Crippen molar-refractivity contribution in [3.63, 3.8) is 0 Å². The minimum atomic E-state index is 0.545. The molecule has 58 valence electrons. The summed E-state index contributed by atoms with van der Waals surface area (Å²) in [5.74, 6) is 0. The van der Waals surface area contributed by atoms with Crippen LogP contribution < -0.4 is 0 Å². The number of hydrogen-bond donors (Lipinski definition) is 0. The van der Waals surface area contributed by atoms with Gasteiger partial charge in [0.05, 0.1) is 13.2 Å². The summed E-state index contributed by atoms with van der Waals surface area (Å²) in [5.41, 5.74) is 0. The molecule has 0 fully saturated rings. The van der Waals surface area contributed by atoms with Crippen LogP contribution in [0, 0.1) is 0 Å². The second-order valence-electron chi connectivity index (χ2n) is 1.68. The highest BCUT2D eigenvalue weighted by Gasteiger charge is 1.87.